The molecule has 1 aliphatic carbocycles. The molecule has 25 heavy (non-hydrogen) atoms. The first-order valence-corrected chi connectivity index (χ1v) is 8.95. The lowest BCUT2D eigenvalue weighted by Gasteiger charge is -2.26. The zero-order valence-electron chi connectivity index (χ0n) is 14.1. The molecule has 132 valence electrons. The molecule has 1 N–H and O–H groups in total. The third-order valence-corrected chi connectivity index (χ3v) is 5.60. The first-order chi connectivity index (χ1) is 12.1. The molecule has 0 aromatic carbocycles. The predicted molar refractivity (Wildman–Crippen MR) is 89.4 cm³/mol. The Morgan fingerprint density at radius 2 is 2.04 bits per heavy atom. The molecule has 3 fully saturated rings. The van der Waals surface area contributed by atoms with Crippen molar-refractivity contribution in [1.29, 1.82) is 0 Å². The summed E-state index contributed by atoms with van der Waals surface area (Å²) in [6, 6.07) is 5.16. The van der Waals surface area contributed by atoms with Crippen LogP contribution in [0.25, 0.3) is 0 Å². The number of likely N-dealkylation sites (tertiary alicyclic amines) is 1. The molecular formula is C18H22N4O3. The molecule has 1 aromatic heterocycles. The van der Waals surface area contributed by atoms with E-state index < -0.39 is 11.6 Å². The van der Waals surface area contributed by atoms with Crippen LogP contribution in [0.1, 0.15) is 50.3 Å². The first-order valence-electron chi connectivity index (χ1n) is 8.95. The zero-order chi connectivity index (χ0) is 17.4. The molecule has 0 bridgehead atoms. The maximum Gasteiger partial charge on any atom is 0.325 e. The average molecular weight is 342 g/mol. The van der Waals surface area contributed by atoms with E-state index in [1.165, 1.54) is 0 Å². The molecule has 7 nitrogen and oxygen atoms in total. The molecule has 0 unspecified atom stereocenters. The van der Waals surface area contributed by atoms with E-state index in [0.717, 1.165) is 36.3 Å². The van der Waals surface area contributed by atoms with Gasteiger partial charge in [-0.15, -0.1) is 0 Å². The summed E-state index contributed by atoms with van der Waals surface area (Å²) in [5.74, 6) is -0.427. The number of rotatable bonds is 3. The quantitative estimate of drug-likeness (QED) is 0.846. The number of carbonyl (C=O) groups excluding carboxylic acids is 3. The second-order valence-corrected chi connectivity index (χ2v) is 7.11. The number of nitrogens with one attached hydrogen (secondary N) is 1. The van der Waals surface area contributed by atoms with Gasteiger partial charge in [0.05, 0.1) is 11.7 Å². The van der Waals surface area contributed by atoms with Gasteiger partial charge in [0.25, 0.3) is 5.91 Å². The number of pyridine rings is 1. The Morgan fingerprint density at radius 1 is 1.24 bits per heavy atom. The third kappa shape index (κ3) is 2.67. The van der Waals surface area contributed by atoms with Crippen molar-refractivity contribution in [2.75, 3.05) is 13.1 Å². The second-order valence-electron chi connectivity index (χ2n) is 7.11. The van der Waals surface area contributed by atoms with E-state index in [9.17, 15) is 14.4 Å². The summed E-state index contributed by atoms with van der Waals surface area (Å²) in [5.41, 5.74) is 0.0979. The van der Waals surface area contributed by atoms with Crippen molar-refractivity contribution < 1.29 is 14.4 Å². The maximum atomic E-state index is 12.8. The monoisotopic (exact) mass is 342 g/mol. The number of hydrogen-bond acceptors (Lipinski definition) is 4. The van der Waals surface area contributed by atoms with Crippen molar-refractivity contribution in [2.45, 2.75) is 50.1 Å². The molecule has 4 rings (SSSR count). The highest BCUT2D eigenvalue weighted by atomic mass is 16.2. The van der Waals surface area contributed by atoms with E-state index >= 15 is 0 Å². The fourth-order valence-electron chi connectivity index (χ4n) is 4.31. The highest BCUT2D eigenvalue weighted by Crippen LogP contribution is 2.35. The van der Waals surface area contributed by atoms with Crippen LogP contribution < -0.4 is 5.32 Å². The van der Waals surface area contributed by atoms with Crippen LogP contribution in [-0.2, 0) is 9.59 Å². The number of urea groups is 1. The summed E-state index contributed by atoms with van der Waals surface area (Å²) < 4.78 is 0. The van der Waals surface area contributed by atoms with Crippen molar-refractivity contribution in [1.82, 2.24) is 20.1 Å². The fourth-order valence-corrected chi connectivity index (χ4v) is 4.31. The van der Waals surface area contributed by atoms with Gasteiger partial charge in [-0.25, -0.2) is 4.79 Å². The minimum absolute atomic E-state index is 0.0742. The van der Waals surface area contributed by atoms with Crippen molar-refractivity contribution in [3.8, 4) is 0 Å². The Balaban J connectivity index is 1.48. The smallest absolute Gasteiger partial charge is 0.325 e. The van der Waals surface area contributed by atoms with Crippen LogP contribution in [0.3, 0.4) is 0 Å². The molecule has 0 radical (unpaired) electrons. The molecular weight excluding hydrogens is 320 g/mol. The minimum Gasteiger partial charge on any atom is -0.333 e. The normalized spacial score (nSPS) is 25.0. The molecule has 3 heterocycles. The molecule has 2 saturated heterocycles. The molecule has 2 aliphatic heterocycles. The summed E-state index contributed by atoms with van der Waals surface area (Å²) in [6.07, 6.45) is 6.68. The lowest BCUT2D eigenvalue weighted by Crippen LogP contribution is -2.46. The van der Waals surface area contributed by atoms with Crippen molar-refractivity contribution in [3.63, 3.8) is 0 Å². The lowest BCUT2D eigenvalue weighted by molar-refractivity contribution is -0.139. The number of amides is 4. The van der Waals surface area contributed by atoms with E-state index in [4.69, 9.17) is 0 Å². The Labute approximate surface area is 146 Å². The summed E-state index contributed by atoms with van der Waals surface area (Å²) in [4.78, 5) is 45.0. The lowest BCUT2D eigenvalue weighted by atomic mass is 9.98. The van der Waals surface area contributed by atoms with E-state index in [1.54, 1.807) is 11.1 Å². The third-order valence-electron chi connectivity index (χ3n) is 5.60. The van der Waals surface area contributed by atoms with Crippen LogP contribution in [0.4, 0.5) is 4.79 Å². The van der Waals surface area contributed by atoms with Crippen LogP contribution in [-0.4, -0.2) is 51.3 Å². The molecule has 3 aliphatic rings. The Morgan fingerprint density at radius 3 is 2.76 bits per heavy atom. The molecule has 1 atom stereocenters. The molecule has 1 aromatic rings. The van der Waals surface area contributed by atoms with Gasteiger partial charge in [-0.3, -0.25) is 19.5 Å². The molecule has 4 amide bonds. The number of carbonyl (C=O) groups is 3. The number of nitrogens with zero attached hydrogens (tertiary/aromatic N) is 3. The Bertz CT molecular complexity index is 700. The van der Waals surface area contributed by atoms with Gasteiger partial charge in [0.15, 0.2) is 0 Å². The summed E-state index contributed by atoms with van der Waals surface area (Å²) in [7, 11) is 0. The van der Waals surface area contributed by atoms with Gasteiger partial charge in [-0.1, -0.05) is 18.9 Å². The van der Waals surface area contributed by atoms with Gasteiger partial charge in [0, 0.05) is 12.7 Å². The van der Waals surface area contributed by atoms with Crippen LogP contribution >= 0.6 is 0 Å². The largest absolute Gasteiger partial charge is 0.333 e. The van der Waals surface area contributed by atoms with Gasteiger partial charge < -0.3 is 10.2 Å². The van der Waals surface area contributed by atoms with Crippen molar-refractivity contribution in [2.24, 2.45) is 0 Å². The van der Waals surface area contributed by atoms with Crippen LogP contribution in [0, 0.1) is 0 Å². The van der Waals surface area contributed by atoms with E-state index in [-0.39, 0.29) is 24.4 Å². The highest BCUT2D eigenvalue weighted by Gasteiger charge is 2.53. The standard InChI is InChI=1S/C18H22N4O3/c23-15(21-11-5-7-14(21)13-6-1-4-10-19-13)12-22-16(24)18(20-17(22)25)8-2-3-9-18/h1,4,6,10,14H,2-3,5,7-9,11-12H2,(H,20,25)/t14-/m1/s1. The fraction of sp³-hybridized carbons (Fsp3) is 0.556. The van der Waals surface area contributed by atoms with Gasteiger partial charge in [-0.05, 0) is 37.8 Å². The van der Waals surface area contributed by atoms with Crippen LogP contribution in [0.5, 0.6) is 0 Å². The number of aromatic nitrogens is 1. The topological polar surface area (TPSA) is 82.6 Å². The van der Waals surface area contributed by atoms with E-state index in [0.29, 0.717) is 19.4 Å². The first kappa shape index (κ1) is 16.1. The predicted octanol–water partition coefficient (Wildman–Crippen LogP) is 1.61. The maximum absolute atomic E-state index is 12.8. The second kappa shape index (κ2) is 6.13. The average Bonchev–Trinajstić information content (AvgIpc) is 3.33. The van der Waals surface area contributed by atoms with Gasteiger partial charge in [-0.2, -0.15) is 0 Å². The van der Waals surface area contributed by atoms with Crippen LogP contribution in [0.15, 0.2) is 24.4 Å². The van der Waals surface area contributed by atoms with Crippen LogP contribution in [0.2, 0.25) is 0 Å². The SMILES string of the molecule is O=C1NC2(CCCC2)C(=O)N1CC(=O)N1CCC[C@@H]1c1ccccn1. The molecule has 1 spiro atoms. The number of hydrogen-bond donors (Lipinski definition) is 1. The minimum atomic E-state index is -0.761. The molecule has 1 saturated carbocycles. The van der Waals surface area contributed by atoms with E-state index in [1.807, 2.05) is 18.2 Å². The Hall–Kier alpha value is -2.44. The van der Waals surface area contributed by atoms with Crippen molar-refractivity contribution >= 4 is 17.8 Å². The summed E-state index contributed by atoms with van der Waals surface area (Å²) in [6.45, 7) is 0.449. The summed E-state index contributed by atoms with van der Waals surface area (Å²) >= 11 is 0. The summed E-state index contributed by atoms with van der Waals surface area (Å²) in [5, 5.41) is 2.82. The van der Waals surface area contributed by atoms with E-state index in [2.05, 4.69) is 10.3 Å². The highest BCUT2D eigenvalue weighted by molar-refractivity contribution is 6.09. The van der Waals surface area contributed by atoms with Gasteiger partial charge >= 0.3 is 6.03 Å². The molecule has 7 heteroatoms. The number of imide groups is 1. The zero-order valence-corrected chi connectivity index (χ0v) is 14.1. The van der Waals surface area contributed by atoms with Gasteiger partial charge in [0.2, 0.25) is 5.91 Å². The van der Waals surface area contributed by atoms with Crippen molar-refractivity contribution in [3.05, 3.63) is 30.1 Å². The Kier molecular flexibility index (Phi) is 3.94. The van der Waals surface area contributed by atoms with Gasteiger partial charge in [0.1, 0.15) is 12.1 Å².